The van der Waals surface area contributed by atoms with Crippen LogP contribution in [0.1, 0.15) is 31.0 Å². The second-order valence-electron chi connectivity index (χ2n) is 4.50. The van der Waals surface area contributed by atoms with Crippen LogP contribution in [0.15, 0.2) is 24.3 Å². The molecule has 2 unspecified atom stereocenters. The number of carbonyl (C=O) groups excluding carboxylic acids is 1. The lowest BCUT2D eigenvalue weighted by Crippen LogP contribution is -2.29. The van der Waals surface area contributed by atoms with Crippen molar-refractivity contribution in [1.82, 2.24) is 5.32 Å². The van der Waals surface area contributed by atoms with Gasteiger partial charge in [-0.1, -0.05) is 31.2 Å². The zero-order valence-corrected chi connectivity index (χ0v) is 12.1. The van der Waals surface area contributed by atoms with Gasteiger partial charge in [0.25, 0.3) is 0 Å². The molecule has 0 aliphatic rings. The van der Waals surface area contributed by atoms with Crippen LogP contribution in [0.25, 0.3) is 0 Å². The monoisotopic (exact) mass is 266 g/mol. The average Bonchev–Trinajstić information content (AvgIpc) is 2.36. The molecule has 0 bridgehead atoms. The van der Waals surface area contributed by atoms with Gasteiger partial charge in [-0.2, -0.15) is 0 Å². The summed E-state index contributed by atoms with van der Waals surface area (Å²) in [6, 6.07) is 8.16. The minimum absolute atomic E-state index is 0.0486. The molecule has 0 radical (unpaired) electrons. The predicted octanol–water partition coefficient (Wildman–Crippen LogP) is 2.25. The molecule has 2 atom stereocenters. The van der Waals surface area contributed by atoms with Gasteiger partial charge in [0.2, 0.25) is 5.91 Å². The minimum Gasteiger partial charge on any atom is -0.349 e. The van der Waals surface area contributed by atoms with Crippen molar-refractivity contribution in [3.63, 3.8) is 0 Å². The first kappa shape index (κ1) is 15.1. The van der Waals surface area contributed by atoms with Gasteiger partial charge in [-0.25, -0.2) is 0 Å². The van der Waals surface area contributed by atoms with Gasteiger partial charge in [0, 0.05) is 11.8 Å². The Morgan fingerprint density at radius 3 is 2.67 bits per heavy atom. The number of thioether (sulfide) groups is 1. The maximum Gasteiger partial charge on any atom is 0.230 e. The van der Waals surface area contributed by atoms with E-state index in [1.165, 1.54) is 11.1 Å². The molecule has 3 N–H and O–H groups in total. The van der Waals surface area contributed by atoms with E-state index in [2.05, 4.69) is 24.4 Å². The maximum atomic E-state index is 11.8. The zero-order chi connectivity index (χ0) is 13.5. The van der Waals surface area contributed by atoms with Gasteiger partial charge >= 0.3 is 0 Å². The lowest BCUT2D eigenvalue weighted by Gasteiger charge is -2.17. The number of hydrogen-bond donors (Lipinski definition) is 2. The Bertz CT molecular complexity index is 395. The average molecular weight is 266 g/mol. The molecule has 4 heteroatoms. The largest absolute Gasteiger partial charge is 0.349 e. The van der Waals surface area contributed by atoms with Gasteiger partial charge in [0.05, 0.1) is 11.8 Å². The molecule has 18 heavy (non-hydrogen) atoms. The van der Waals surface area contributed by atoms with Gasteiger partial charge < -0.3 is 11.1 Å². The first-order chi connectivity index (χ1) is 8.54. The highest BCUT2D eigenvalue weighted by Crippen LogP contribution is 2.17. The van der Waals surface area contributed by atoms with Crippen molar-refractivity contribution in [1.29, 1.82) is 0 Å². The van der Waals surface area contributed by atoms with E-state index < -0.39 is 0 Å². The summed E-state index contributed by atoms with van der Waals surface area (Å²) in [6.07, 6.45) is 0. The summed E-state index contributed by atoms with van der Waals surface area (Å²) in [5.74, 6) is 0.533. The number of nitrogens with two attached hydrogens (primary N) is 1. The Labute approximate surface area is 114 Å². The fraction of sp³-hybridized carbons (Fsp3) is 0.500. The fourth-order valence-electron chi connectivity index (χ4n) is 1.72. The quantitative estimate of drug-likeness (QED) is 0.830. The van der Waals surface area contributed by atoms with Crippen molar-refractivity contribution >= 4 is 17.7 Å². The highest BCUT2D eigenvalue weighted by atomic mass is 32.2. The van der Waals surface area contributed by atoms with Crippen molar-refractivity contribution in [2.75, 3.05) is 12.3 Å². The molecular formula is C14H22N2OS. The number of hydrogen-bond acceptors (Lipinski definition) is 3. The molecule has 0 aliphatic heterocycles. The molecule has 1 amide bonds. The third-order valence-electron chi connectivity index (χ3n) is 2.86. The van der Waals surface area contributed by atoms with Crippen LogP contribution in [0.2, 0.25) is 0 Å². The number of benzene rings is 1. The van der Waals surface area contributed by atoms with Crippen LogP contribution in [-0.2, 0) is 4.79 Å². The first-order valence-electron chi connectivity index (χ1n) is 6.21. The van der Waals surface area contributed by atoms with Crippen LogP contribution in [0, 0.1) is 6.92 Å². The van der Waals surface area contributed by atoms with E-state index in [-0.39, 0.29) is 11.9 Å². The van der Waals surface area contributed by atoms with E-state index in [4.69, 9.17) is 5.73 Å². The molecule has 100 valence electrons. The minimum atomic E-state index is 0.0486. The topological polar surface area (TPSA) is 55.1 Å². The zero-order valence-electron chi connectivity index (χ0n) is 11.3. The molecule has 0 aromatic heterocycles. The van der Waals surface area contributed by atoms with E-state index in [0.717, 1.165) is 0 Å². The molecule has 0 aliphatic carbocycles. The van der Waals surface area contributed by atoms with Crippen LogP contribution >= 0.6 is 11.8 Å². The van der Waals surface area contributed by atoms with Crippen LogP contribution in [-0.4, -0.2) is 23.5 Å². The SMILES string of the molecule is Cc1ccccc1C(C)NC(=O)CSC(C)CN. The summed E-state index contributed by atoms with van der Waals surface area (Å²) in [5, 5.41) is 3.34. The van der Waals surface area contributed by atoms with Crippen LogP contribution in [0.3, 0.4) is 0 Å². The number of rotatable bonds is 6. The summed E-state index contributed by atoms with van der Waals surface area (Å²) in [7, 11) is 0. The molecule has 1 aromatic carbocycles. The molecule has 1 aromatic rings. The Kier molecular flexibility index (Phi) is 6.22. The van der Waals surface area contributed by atoms with Gasteiger partial charge in [-0.3, -0.25) is 4.79 Å². The second kappa shape index (κ2) is 7.44. The number of aryl methyl sites for hydroxylation is 1. The summed E-state index contributed by atoms with van der Waals surface area (Å²) < 4.78 is 0. The lowest BCUT2D eigenvalue weighted by atomic mass is 10.0. The molecule has 0 saturated heterocycles. The van der Waals surface area contributed by atoms with E-state index in [0.29, 0.717) is 17.5 Å². The molecular weight excluding hydrogens is 244 g/mol. The summed E-state index contributed by atoms with van der Waals surface area (Å²) in [6.45, 7) is 6.70. The predicted molar refractivity (Wildman–Crippen MR) is 78.7 cm³/mol. The van der Waals surface area contributed by atoms with E-state index in [9.17, 15) is 4.79 Å². The highest BCUT2D eigenvalue weighted by Gasteiger charge is 2.12. The van der Waals surface area contributed by atoms with Gasteiger partial charge in [0.15, 0.2) is 0 Å². The lowest BCUT2D eigenvalue weighted by molar-refractivity contribution is -0.119. The molecule has 1 rings (SSSR count). The fourth-order valence-corrected chi connectivity index (χ4v) is 2.37. The first-order valence-corrected chi connectivity index (χ1v) is 7.26. The standard InChI is InChI=1S/C14H22N2OS/c1-10-6-4-5-7-13(10)12(3)16-14(17)9-18-11(2)8-15/h4-7,11-12H,8-9,15H2,1-3H3,(H,16,17). The van der Waals surface area contributed by atoms with Gasteiger partial charge in [-0.05, 0) is 25.0 Å². The number of nitrogens with one attached hydrogen (secondary N) is 1. The number of amides is 1. The van der Waals surface area contributed by atoms with Crippen molar-refractivity contribution in [3.05, 3.63) is 35.4 Å². The van der Waals surface area contributed by atoms with Crippen molar-refractivity contribution < 1.29 is 4.79 Å². The van der Waals surface area contributed by atoms with Crippen LogP contribution in [0.5, 0.6) is 0 Å². The summed E-state index contributed by atoms with van der Waals surface area (Å²) >= 11 is 1.59. The van der Waals surface area contributed by atoms with Crippen molar-refractivity contribution in [3.8, 4) is 0 Å². The van der Waals surface area contributed by atoms with E-state index >= 15 is 0 Å². The summed E-state index contributed by atoms with van der Waals surface area (Å²) in [4.78, 5) is 11.8. The van der Waals surface area contributed by atoms with E-state index in [1.54, 1.807) is 11.8 Å². The van der Waals surface area contributed by atoms with Gasteiger partial charge in [-0.15, -0.1) is 11.8 Å². The van der Waals surface area contributed by atoms with Crippen LogP contribution < -0.4 is 11.1 Å². The molecule has 0 fully saturated rings. The Morgan fingerprint density at radius 2 is 2.06 bits per heavy atom. The van der Waals surface area contributed by atoms with Gasteiger partial charge in [0.1, 0.15) is 0 Å². The molecule has 0 saturated carbocycles. The van der Waals surface area contributed by atoms with Crippen molar-refractivity contribution in [2.24, 2.45) is 5.73 Å². The molecule has 0 spiro atoms. The van der Waals surface area contributed by atoms with Crippen molar-refractivity contribution in [2.45, 2.75) is 32.1 Å². The normalized spacial score (nSPS) is 14.0. The third kappa shape index (κ3) is 4.70. The molecule has 3 nitrogen and oxygen atoms in total. The van der Waals surface area contributed by atoms with E-state index in [1.807, 2.05) is 26.0 Å². The Morgan fingerprint density at radius 1 is 1.39 bits per heavy atom. The maximum absolute atomic E-state index is 11.8. The number of carbonyl (C=O) groups is 1. The smallest absolute Gasteiger partial charge is 0.230 e. The Hall–Kier alpha value is -1.000. The third-order valence-corrected chi connectivity index (χ3v) is 4.05. The highest BCUT2D eigenvalue weighted by molar-refractivity contribution is 8.00. The second-order valence-corrected chi connectivity index (χ2v) is 5.93. The van der Waals surface area contributed by atoms with Crippen LogP contribution in [0.4, 0.5) is 0 Å². The molecule has 0 heterocycles. The summed E-state index contributed by atoms with van der Waals surface area (Å²) in [5.41, 5.74) is 7.89. The Balaban J connectivity index is 2.47.